The van der Waals surface area contributed by atoms with Crippen molar-refractivity contribution in [3.05, 3.63) is 28.5 Å². The van der Waals surface area contributed by atoms with Gasteiger partial charge in [0.25, 0.3) is 5.91 Å². The number of hydrogen-bond donors (Lipinski definition) is 3. The van der Waals surface area contributed by atoms with Gasteiger partial charge in [-0.2, -0.15) is 0 Å². The minimum atomic E-state index is -0.0157. The fourth-order valence-electron chi connectivity index (χ4n) is 3.62. The van der Waals surface area contributed by atoms with Crippen molar-refractivity contribution in [3.63, 3.8) is 0 Å². The molecule has 2 fully saturated rings. The van der Waals surface area contributed by atoms with Crippen molar-refractivity contribution in [1.82, 2.24) is 20.6 Å². The summed E-state index contributed by atoms with van der Waals surface area (Å²) in [5.74, 6) is 0.764. The molecule has 5 nitrogen and oxygen atoms in total. The fraction of sp³-hybridized carbons (Fsp3) is 0.500. The lowest BCUT2D eigenvalue weighted by Gasteiger charge is -2.28. The van der Waals surface area contributed by atoms with Gasteiger partial charge in [0.1, 0.15) is 5.65 Å². The van der Waals surface area contributed by atoms with Gasteiger partial charge < -0.3 is 15.6 Å². The molecule has 0 radical (unpaired) electrons. The van der Waals surface area contributed by atoms with Crippen LogP contribution in [0.3, 0.4) is 0 Å². The highest BCUT2D eigenvalue weighted by molar-refractivity contribution is 9.10. The Morgan fingerprint density at radius 3 is 3.09 bits per heavy atom. The van der Waals surface area contributed by atoms with E-state index in [1.165, 1.54) is 19.3 Å². The highest BCUT2D eigenvalue weighted by Gasteiger charge is 2.46. The van der Waals surface area contributed by atoms with Gasteiger partial charge in [0.05, 0.1) is 5.56 Å². The number of carbonyl (C=O) groups is 1. The number of halogens is 1. The standard InChI is InChI=1S/C16H19BrN4O/c17-11-5-12-13(7-20-14(12)19-6-11)15(22)21-9-16(10-1-2-10)3-4-18-8-16/h5-7,10,18H,1-4,8-9H2,(H,19,20)(H,21,22). The Morgan fingerprint density at radius 2 is 2.36 bits per heavy atom. The molecule has 1 saturated heterocycles. The summed E-state index contributed by atoms with van der Waals surface area (Å²) in [5, 5.41) is 7.47. The number of amides is 1. The van der Waals surface area contributed by atoms with E-state index in [0.29, 0.717) is 5.56 Å². The number of H-pyrrole nitrogens is 1. The Labute approximate surface area is 137 Å². The third kappa shape index (κ3) is 2.44. The van der Waals surface area contributed by atoms with Crippen LogP contribution in [0, 0.1) is 11.3 Å². The van der Waals surface area contributed by atoms with E-state index in [0.717, 1.165) is 41.1 Å². The molecule has 3 heterocycles. The molecule has 2 aromatic heterocycles. The summed E-state index contributed by atoms with van der Waals surface area (Å²) in [5.41, 5.74) is 1.68. The molecule has 4 rings (SSSR count). The lowest BCUT2D eigenvalue weighted by molar-refractivity contribution is 0.0929. The van der Waals surface area contributed by atoms with Crippen molar-refractivity contribution >= 4 is 32.9 Å². The Kier molecular flexibility index (Phi) is 3.46. The number of aromatic nitrogens is 2. The van der Waals surface area contributed by atoms with Crippen LogP contribution in [-0.2, 0) is 0 Å². The lowest BCUT2D eigenvalue weighted by Crippen LogP contribution is -2.40. The van der Waals surface area contributed by atoms with E-state index >= 15 is 0 Å². The van der Waals surface area contributed by atoms with Crippen LogP contribution in [-0.4, -0.2) is 35.5 Å². The fourth-order valence-corrected chi connectivity index (χ4v) is 3.95. The van der Waals surface area contributed by atoms with E-state index in [2.05, 4.69) is 36.5 Å². The van der Waals surface area contributed by atoms with E-state index in [4.69, 9.17) is 0 Å². The monoisotopic (exact) mass is 362 g/mol. The molecule has 1 aliphatic carbocycles. The van der Waals surface area contributed by atoms with Crippen molar-refractivity contribution in [3.8, 4) is 0 Å². The van der Waals surface area contributed by atoms with Crippen LogP contribution in [0.15, 0.2) is 22.9 Å². The van der Waals surface area contributed by atoms with Gasteiger partial charge in [-0.05, 0) is 53.7 Å². The summed E-state index contributed by atoms with van der Waals surface area (Å²) in [6, 6.07) is 1.93. The van der Waals surface area contributed by atoms with Crippen LogP contribution < -0.4 is 10.6 Å². The summed E-state index contributed by atoms with van der Waals surface area (Å²) in [6.07, 6.45) is 7.25. The van der Waals surface area contributed by atoms with Crippen molar-refractivity contribution in [2.24, 2.45) is 11.3 Å². The maximum atomic E-state index is 12.6. The molecule has 1 unspecified atom stereocenters. The highest BCUT2D eigenvalue weighted by Crippen LogP contribution is 2.48. The predicted molar refractivity (Wildman–Crippen MR) is 88.8 cm³/mol. The van der Waals surface area contributed by atoms with E-state index < -0.39 is 0 Å². The zero-order valence-corrected chi connectivity index (χ0v) is 13.9. The van der Waals surface area contributed by atoms with Crippen molar-refractivity contribution in [1.29, 1.82) is 0 Å². The van der Waals surface area contributed by atoms with Crippen LogP contribution in [0.2, 0.25) is 0 Å². The van der Waals surface area contributed by atoms with E-state index in [9.17, 15) is 4.79 Å². The number of hydrogen-bond acceptors (Lipinski definition) is 3. The number of pyridine rings is 1. The molecule has 1 saturated carbocycles. The van der Waals surface area contributed by atoms with Crippen molar-refractivity contribution in [2.45, 2.75) is 19.3 Å². The highest BCUT2D eigenvalue weighted by atomic mass is 79.9. The Balaban J connectivity index is 1.52. The van der Waals surface area contributed by atoms with Gasteiger partial charge in [-0.3, -0.25) is 4.79 Å². The summed E-state index contributed by atoms with van der Waals surface area (Å²) in [7, 11) is 0. The molecule has 1 amide bonds. The van der Waals surface area contributed by atoms with Gasteiger partial charge in [-0.15, -0.1) is 0 Å². The molecule has 3 N–H and O–H groups in total. The van der Waals surface area contributed by atoms with E-state index in [-0.39, 0.29) is 11.3 Å². The Hall–Kier alpha value is -1.40. The number of nitrogens with one attached hydrogen (secondary N) is 3. The predicted octanol–water partition coefficient (Wildman–Crippen LogP) is 2.44. The molecule has 2 aliphatic rings. The molecule has 1 atom stereocenters. The van der Waals surface area contributed by atoms with Gasteiger partial charge in [-0.25, -0.2) is 4.98 Å². The second kappa shape index (κ2) is 5.35. The molecular formula is C16H19BrN4O. The summed E-state index contributed by atoms with van der Waals surface area (Å²) < 4.78 is 0.878. The van der Waals surface area contributed by atoms with Crippen LogP contribution in [0.4, 0.5) is 0 Å². The van der Waals surface area contributed by atoms with Crippen LogP contribution in [0.25, 0.3) is 11.0 Å². The van der Waals surface area contributed by atoms with Gasteiger partial charge >= 0.3 is 0 Å². The number of aromatic amines is 1. The molecule has 0 spiro atoms. The van der Waals surface area contributed by atoms with Gasteiger partial charge in [0.2, 0.25) is 0 Å². The average Bonchev–Trinajstić information content (AvgIpc) is 3.13. The second-order valence-corrected chi connectivity index (χ2v) is 7.41. The van der Waals surface area contributed by atoms with Crippen LogP contribution in [0.1, 0.15) is 29.6 Å². The maximum Gasteiger partial charge on any atom is 0.253 e. The third-order valence-electron chi connectivity index (χ3n) is 5.06. The second-order valence-electron chi connectivity index (χ2n) is 6.50. The summed E-state index contributed by atoms with van der Waals surface area (Å²) >= 11 is 3.41. The molecule has 6 heteroatoms. The minimum absolute atomic E-state index is 0.0157. The third-order valence-corrected chi connectivity index (χ3v) is 5.50. The first-order valence-corrected chi connectivity index (χ1v) is 8.59. The number of fused-ring (bicyclic) bond motifs is 1. The molecular weight excluding hydrogens is 344 g/mol. The molecule has 0 aromatic carbocycles. The lowest BCUT2D eigenvalue weighted by atomic mass is 9.81. The largest absolute Gasteiger partial charge is 0.351 e. The first kappa shape index (κ1) is 14.2. The first-order chi connectivity index (χ1) is 10.7. The van der Waals surface area contributed by atoms with Crippen molar-refractivity contribution < 1.29 is 4.79 Å². The van der Waals surface area contributed by atoms with Crippen LogP contribution in [0.5, 0.6) is 0 Å². The molecule has 22 heavy (non-hydrogen) atoms. The molecule has 116 valence electrons. The zero-order chi connectivity index (χ0) is 15.2. The minimum Gasteiger partial charge on any atom is -0.351 e. The number of carbonyl (C=O) groups excluding carboxylic acids is 1. The van der Waals surface area contributed by atoms with E-state index in [1.54, 1.807) is 12.4 Å². The number of rotatable bonds is 4. The number of nitrogens with zero attached hydrogens (tertiary/aromatic N) is 1. The van der Waals surface area contributed by atoms with Crippen molar-refractivity contribution in [2.75, 3.05) is 19.6 Å². The smallest absolute Gasteiger partial charge is 0.253 e. The zero-order valence-electron chi connectivity index (χ0n) is 12.3. The average molecular weight is 363 g/mol. The summed E-state index contributed by atoms with van der Waals surface area (Å²) in [6.45, 7) is 2.85. The van der Waals surface area contributed by atoms with Gasteiger partial charge in [0, 0.05) is 40.8 Å². The quantitative estimate of drug-likeness (QED) is 0.782. The van der Waals surface area contributed by atoms with Crippen LogP contribution >= 0.6 is 15.9 Å². The summed E-state index contributed by atoms with van der Waals surface area (Å²) in [4.78, 5) is 19.9. The first-order valence-electron chi connectivity index (χ1n) is 7.79. The molecule has 2 aromatic rings. The van der Waals surface area contributed by atoms with E-state index in [1.807, 2.05) is 6.07 Å². The molecule has 1 aliphatic heterocycles. The Bertz CT molecular complexity index is 716. The SMILES string of the molecule is O=C(NCC1(C2CC2)CCNC1)c1c[nH]c2ncc(Br)cc12. The maximum absolute atomic E-state index is 12.6. The molecule has 0 bridgehead atoms. The van der Waals surface area contributed by atoms with Gasteiger partial charge in [0.15, 0.2) is 0 Å². The van der Waals surface area contributed by atoms with Gasteiger partial charge in [-0.1, -0.05) is 0 Å². The topological polar surface area (TPSA) is 69.8 Å². The Morgan fingerprint density at radius 1 is 1.50 bits per heavy atom. The normalized spacial score (nSPS) is 24.8.